The number of phenolic OH excluding ortho intramolecular Hbond substituents is 1. The van der Waals surface area contributed by atoms with Gasteiger partial charge in [-0.15, -0.1) is 0 Å². The number of aromatic hydroxyl groups is 1. The normalized spacial score (nSPS) is 12.1. The van der Waals surface area contributed by atoms with E-state index < -0.39 is 21.6 Å². The topological polar surface area (TPSA) is 122 Å². The van der Waals surface area contributed by atoms with Crippen LogP contribution >= 0.6 is 0 Å². The van der Waals surface area contributed by atoms with E-state index in [4.69, 9.17) is 5.10 Å². The second kappa shape index (κ2) is 11.3. The van der Waals surface area contributed by atoms with Crippen LogP contribution in [0, 0.1) is 5.82 Å². The zero-order chi connectivity index (χ0) is 29.2. The number of anilines is 1. The first-order chi connectivity index (χ1) is 19.5. The highest BCUT2D eigenvalue weighted by Gasteiger charge is 2.22. The van der Waals surface area contributed by atoms with Gasteiger partial charge in [0.25, 0.3) is 0 Å². The first kappa shape index (κ1) is 28.2. The fourth-order valence-electron chi connectivity index (χ4n) is 4.37. The molecule has 0 saturated carbocycles. The minimum atomic E-state index is -3.68. The van der Waals surface area contributed by atoms with Gasteiger partial charge in [-0.1, -0.05) is 36.4 Å². The molecule has 0 aliphatic heterocycles. The molecule has 0 fully saturated rings. The van der Waals surface area contributed by atoms with E-state index in [1.54, 1.807) is 41.2 Å². The maximum absolute atomic E-state index is 13.7. The Balaban J connectivity index is 1.28. The van der Waals surface area contributed by atoms with E-state index in [9.17, 15) is 17.9 Å². The lowest BCUT2D eigenvalue weighted by Gasteiger charge is -2.18. The maximum Gasteiger partial charge on any atom is 0.241 e. The summed E-state index contributed by atoms with van der Waals surface area (Å²) in [6.07, 6.45) is 3.98. The Morgan fingerprint density at radius 2 is 1.78 bits per heavy atom. The number of hydrogen-bond donors (Lipinski definition) is 3. The van der Waals surface area contributed by atoms with E-state index in [0.29, 0.717) is 46.8 Å². The lowest BCUT2D eigenvalue weighted by molar-refractivity contribution is 0.356. The van der Waals surface area contributed by atoms with Gasteiger partial charge in [0.1, 0.15) is 5.69 Å². The molecule has 0 unspecified atom stereocenters. The molecule has 5 aromatic rings. The number of nitrogens with zero attached hydrogens (tertiary/aromatic N) is 4. The van der Waals surface area contributed by atoms with Gasteiger partial charge in [0.15, 0.2) is 11.6 Å². The summed E-state index contributed by atoms with van der Waals surface area (Å²) in [5, 5.41) is 19.4. The van der Waals surface area contributed by atoms with E-state index in [0.717, 1.165) is 5.39 Å². The van der Waals surface area contributed by atoms with Gasteiger partial charge in [-0.3, -0.25) is 4.68 Å². The molecule has 3 N–H and O–H groups in total. The quantitative estimate of drug-likeness (QED) is 0.198. The Morgan fingerprint density at radius 1 is 1.00 bits per heavy atom. The zero-order valence-corrected chi connectivity index (χ0v) is 23.8. The summed E-state index contributed by atoms with van der Waals surface area (Å²) in [5.74, 6) is -0.797. The van der Waals surface area contributed by atoms with Crippen LogP contribution in [0.4, 0.5) is 10.3 Å². The molecule has 0 atom stereocenters. The highest BCUT2D eigenvalue weighted by molar-refractivity contribution is 7.89. The Labute approximate surface area is 238 Å². The third kappa shape index (κ3) is 6.21. The van der Waals surface area contributed by atoms with Crippen LogP contribution in [0.1, 0.15) is 27.2 Å². The van der Waals surface area contributed by atoms with Crippen molar-refractivity contribution >= 4 is 26.7 Å². The Kier molecular flexibility index (Phi) is 7.74. The molecular weight excluding hydrogens is 543 g/mol. The van der Waals surface area contributed by atoms with Gasteiger partial charge in [-0.2, -0.15) is 5.10 Å². The van der Waals surface area contributed by atoms with Crippen LogP contribution in [0.3, 0.4) is 0 Å². The minimum absolute atomic E-state index is 0.231. The van der Waals surface area contributed by atoms with E-state index in [1.165, 1.54) is 12.1 Å². The molecule has 3 aromatic carbocycles. The van der Waals surface area contributed by atoms with Crippen molar-refractivity contribution in [2.45, 2.75) is 37.6 Å². The first-order valence-corrected chi connectivity index (χ1v) is 14.6. The lowest BCUT2D eigenvalue weighted by atomic mass is 10.1. The van der Waals surface area contributed by atoms with E-state index in [2.05, 4.69) is 20.0 Å². The van der Waals surface area contributed by atoms with E-state index >= 15 is 0 Å². The molecule has 5 rings (SSSR count). The summed E-state index contributed by atoms with van der Waals surface area (Å²) in [7, 11) is -3.68. The highest BCUT2D eigenvalue weighted by Crippen LogP contribution is 2.34. The SMILES string of the molecule is CC(C)(C)n1cc(-c2ccnc(NCCCNS(=O)(=O)c3cccc4ccccc34)n2)c(-c2ccc(F)c(O)c2)n1. The van der Waals surface area contributed by atoms with Crippen LogP contribution in [0.15, 0.2) is 84.0 Å². The molecular formula is C30H31FN6O3S. The fourth-order valence-corrected chi connectivity index (χ4v) is 5.68. The van der Waals surface area contributed by atoms with Crippen molar-refractivity contribution in [2.75, 3.05) is 18.4 Å². The van der Waals surface area contributed by atoms with Crippen molar-refractivity contribution in [1.29, 1.82) is 0 Å². The third-order valence-corrected chi connectivity index (χ3v) is 8.04. The number of hydrogen-bond acceptors (Lipinski definition) is 7. The largest absolute Gasteiger partial charge is 0.505 e. The molecule has 0 radical (unpaired) electrons. The molecule has 0 saturated heterocycles. The molecule has 9 nitrogen and oxygen atoms in total. The van der Waals surface area contributed by atoms with Crippen molar-refractivity contribution in [2.24, 2.45) is 0 Å². The van der Waals surface area contributed by atoms with Gasteiger partial charge >= 0.3 is 0 Å². The fraction of sp³-hybridized carbons (Fsp3) is 0.233. The van der Waals surface area contributed by atoms with Crippen LogP contribution in [-0.2, 0) is 15.6 Å². The van der Waals surface area contributed by atoms with Crippen LogP contribution in [0.25, 0.3) is 33.3 Å². The second-order valence-corrected chi connectivity index (χ2v) is 12.3. The number of fused-ring (bicyclic) bond motifs is 1. The van der Waals surface area contributed by atoms with Crippen LogP contribution in [0.2, 0.25) is 0 Å². The number of sulfonamides is 1. The Hall–Kier alpha value is -4.35. The van der Waals surface area contributed by atoms with Crippen molar-refractivity contribution in [1.82, 2.24) is 24.5 Å². The monoisotopic (exact) mass is 574 g/mol. The number of halogens is 1. The molecule has 0 bridgehead atoms. The molecule has 0 aliphatic carbocycles. The highest BCUT2D eigenvalue weighted by atomic mass is 32.2. The van der Waals surface area contributed by atoms with Crippen LogP contribution in [-0.4, -0.2) is 46.4 Å². The summed E-state index contributed by atoms with van der Waals surface area (Å²) in [6, 6.07) is 18.4. The molecule has 2 aromatic heterocycles. The number of benzene rings is 3. The van der Waals surface area contributed by atoms with Gasteiger partial charge in [-0.05, 0) is 62.9 Å². The molecule has 212 valence electrons. The average molecular weight is 575 g/mol. The van der Waals surface area contributed by atoms with Crippen molar-refractivity contribution < 1.29 is 17.9 Å². The predicted octanol–water partition coefficient (Wildman–Crippen LogP) is 5.54. The summed E-state index contributed by atoms with van der Waals surface area (Å²) in [5.41, 5.74) is 2.05. The van der Waals surface area contributed by atoms with Crippen LogP contribution in [0.5, 0.6) is 5.75 Å². The van der Waals surface area contributed by atoms with Crippen LogP contribution < -0.4 is 10.0 Å². The lowest BCUT2D eigenvalue weighted by Crippen LogP contribution is -2.26. The summed E-state index contributed by atoms with van der Waals surface area (Å²) in [6.45, 7) is 6.70. The number of rotatable bonds is 9. The Bertz CT molecular complexity index is 1810. The van der Waals surface area contributed by atoms with Crippen molar-refractivity contribution in [3.63, 3.8) is 0 Å². The van der Waals surface area contributed by atoms with Crippen molar-refractivity contribution in [3.8, 4) is 28.3 Å². The predicted molar refractivity (Wildman–Crippen MR) is 158 cm³/mol. The summed E-state index contributed by atoms with van der Waals surface area (Å²) in [4.78, 5) is 9.19. The van der Waals surface area contributed by atoms with Gasteiger partial charge in [-0.25, -0.2) is 27.5 Å². The molecule has 11 heteroatoms. The molecule has 0 aliphatic rings. The second-order valence-electron chi connectivity index (χ2n) is 10.6. The number of aromatic nitrogens is 4. The zero-order valence-electron chi connectivity index (χ0n) is 23.0. The minimum Gasteiger partial charge on any atom is -0.505 e. The summed E-state index contributed by atoms with van der Waals surface area (Å²) < 4.78 is 44.1. The standard InChI is InChI=1S/C30H31FN6O3S/c1-30(2,3)37-19-23(28(36-37)21-12-13-24(31)26(38)18-21)25-14-17-33-29(35-25)32-15-7-16-34-41(39,40)27-11-6-9-20-8-4-5-10-22(20)27/h4-6,8-14,17-19,34,38H,7,15-16H2,1-3H3,(H,32,33,35). The third-order valence-electron chi connectivity index (χ3n) is 6.52. The van der Waals surface area contributed by atoms with Crippen molar-refractivity contribution in [3.05, 3.63) is 84.9 Å². The van der Waals surface area contributed by atoms with E-state index in [-0.39, 0.29) is 17.0 Å². The molecule has 2 heterocycles. The van der Waals surface area contributed by atoms with Gasteiger partial charge in [0, 0.05) is 42.0 Å². The summed E-state index contributed by atoms with van der Waals surface area (Å²) >= 11 is 0. The molecule has 0 amide bonds. The Morgan fingerprint density at radius 3 is 2.56 bits per heavy atom. The van der Waals surface area contributed by atoms with Gasteiger partial charge in [0.2, 0.25) is 16.0 Å². The van der Waals surface area contributed by atoms with E-state index in [1.807, 2.05) is 51.2 Å². The van der Waals surface area contributed by atoms with Gasteiger partial charge in [0.05, 0.1) is 16.1 Å². The molecule has 41 heavy (non-hydrogen) atoms. The first-order valence-electron chi connectivity index (χ1n) is 13.2. The maximum atomic E-state index is 13.7. The average Bonchev–Trinajstić information content (AvgIpc) is 3.41. The number of phenols is 1. The molecule has 0 spiro atoms. The van der Waals surface area contributed by atoms with Gasteiger partial charge < -0.3 is 10.4 Å². The number of nitrogens with one attached hydrogen (secondary N) is 2. The smallest absolute Gasteiger partial charge is 0.241 e.